The van der Waals surface area contributed by atoms with Crippen molar-refractivity contribution >= 4 is 5.91 Å². The van der Waals surface area contributed by atoms with Crippen molar-refractivity contribution < 1.29 is 4.79 Å². The quantitative estimate of drug-likeness (QED) is 0.769. The maximum Gasteiger partial charge on any atom is 0.223 e. The lowest BCUT2D eigenvalue weighted by molar-refractivity contribution is -0.122. The first kappa shape index (κ1) is 9.12. The molecule has 1 saturated carbocycles. The molecule has 0 radical (unpaired) electrons. The Kier molecular flexibility index (Phi) is 2.43. The third-order valence-corrected chi connectivity index (χ3v) is 2.24. The average Bonchev–Trinajstić information content (AvgIpc) is 3.00. The van der Waals surface area contributed by atoms with Crippen molar-refractivity contribution in [2.45, 2.75) is 26.3 Å². The minimum Gasteiger partial charge on any atom is -0.350 e. The highest BCUT2D eigenvalue weighted by molar-refractivity contribution is 5.80. The van der Waals surface area contributed by atoms with Gasteiger partial charge in [0.2, 0.25) is 5.91 Å². The summed E-state index contributed by atoms with van der Waals surface area (Å²) in [7, 11) is 0. The van der Waals surface area contributed by atoms with Gasteiger partial charge in [-0.05, 0) is 31.9 Å². The van der Waals surface area contributed by atoms with Crippen LogP contribution in [0, 0.1) is 12.8 Å². The Bertz CT molecular complexity index is 330. The fourth-order valence-corrected chi connectivity index (χ4v) is 1.19. The molecule has 1 aromatic heterocycles. The van der Waals surface area contributed by atoms with Crippen LogP contribution in [0.4, 0.5) is 0 Å². The lowest BCUT2D eigenvalue weighted by Gasteiger charge is -2.02. The highest BCUT2D eigenvalue weighted by Crippen LogP contribution is 2.28. The standard InChI is InChI=1S/C10H13N3O/c1-7-2-5-9(13-12-7)6-11-10(14)8-3-4-8/h2,5,8H,3-4,6H2,1H3,(H,11,14). The van der Waals surface area contributed by atoms with Gasteiger partial charge < -0.3 is 5.32 Å². The SMILES string of the molecule is Cc1ccc(CNC(=O)C2CC2)nn1. The number of nitrogens with zero attached hydrogens (tertiary/aromatic N) is 2. The minimum absolute atomic E-state index is 0.146. The summed E-state index contributed by atoms with van der Waals surface area (Å²) in [5, 5.41) is 10.7. The van der Waals surface area contributed by atoms with Gasteiger partial charge in [0.1, 0.15) is 0 Å². The van der Waals surface area contributed by atoms with E-state index in [1.165, 1.54) is 0 Å². The maximum atomic E-state index is 11.3. The van der Waals surface area contributed by atoms with Crippen molar-refractivity contribution in [1.29, 1.82) is 0 Å². The van der Waals surface area contributed by atoms with Crippen molar-refractivity contribution in [3.63, 3.8) is 0 Å². The van der Waals surface area contributed by atoms with Crippen LogP contribution in [0.5, 0.6) is 0 Å². The van der Waals surface area contributed by atoms with E-state index in [9.17, 15) is 4.79 Å². The van der Waals surface area contributed by atoms with E-state index in [-0.39, 0.29) is 11.8 Å². The third-order valence-electron chi connectivity index (χ3n) is 2.24. The number of rotatable bonds is 3. The highest BCUT2D eigenvalue weighted by atomic mass is 16.2. The second-order valence-electron chi connectivity index (χ2n) is 3.66. The van der Waals surface area contributed by atoms with Crippen molar-refractivity contribution in [2.75, 3.05) is 0 Å². The van der Waals surface area contributed by atoms with E-state index in [4.69, 9.17) is 0 Å². The van der Waals surface area contributed by atoms with Crippen molar-refractivity contribution in [1.82, 2.24) is 15.5 Å². The molecule has 0 bridgehead atoms. The molecular weight excluding hydrogens is 178 g/mol. The van der Waals surface area contributed by atoms with Crippen LogP contribution >= 0.6 is 0 Å². The van der Waals surface area contributed by atoms with Crippen molar-refractivity contribution in [3.8, 4) is 0 Å². The summed E-state index contributed by atoms with van der Waals surface area (Å²) in [5.41, 5.74) is 1.70. The summed E-state index contributed by atoms with van der Waals surface area (Å²) >= 11 is 0. The summed E-state index contributed by atoms with van der Waals surface area (Å²) in [4.78, 5) is 11.3. The zero-order valence-electron chi connectivity index (χ0n) is 8.16. The molecule has 0 aliphatic heterocycles. The van der Waals surface area contributed by atoms with E-state index in [0.29, 0.717) is 6.54 Å². The molecule has 1 aliphatic carbocycles. The number of aryl methyl sites for hydroxylation is 1. The molecule has 14 heavy (non-hydrogen) atoms. The van der Waals surface area contributed by atoms with Crippen LogP contribution in [0.15, 0.2) is 12.1 Å². The van der Waals surface area contributed by atoms with Gasteiger partial charge in [0.25, 0.3) is 0 Å². The van der Waals surface area contributed by atoms with Gasteiger partial charge in [-0.2, -0.15) is 10.2 Å². The molecule has 0 atom stereocenters. The maximum absolute atomic E-state index is 11.3. The predicted molar refractivity (Wildman–Crippen MR) is 51.3 cm³/mol. The van der Waals surface area contributed by atoms with Gasteiger partial charge in [-0.1, -0.05) is 0 Å². The van der Waals surface area contributed by atoms with Gasteiger partial charge in [0.15, 0.2) is 0 Å². The zero-order valence-corrected chi connectivity index (χ0v) is 8.16. The lowest BCUT2D eigenvalue weighted by Crippen LogP contribution is -2.24. The molecule has 1 aromatic rings. The minimum atomic E-state index is 0.146. The molecule has 1 aliphatic rings. The fraction of sp³-hybridized carbons (Fsp3) is 0.500. The number of aromatic nitrogens is 2. The first-order valence-corrected chi connectivity index (χ1v) is 4.82. The van der Waals surface area contributed by atoms with Crippen molar-refractivity contribution in [2.24, 2.45) is 5.92 Å². The molecule has 0 spiro atoms. The fourth-order valence-electron chi connectivity index (χ4n) is 1.19. The summed E-state index contributed by atoms with van der Waals surface area (Å²) in [5.74, 6) is 0.404. The monoisotopic (exact) mass is 191 g/mol. The van der Waals surface area contributed by atoms with Crippen LogP contribution in [-0.4, -0.2) is 16.1 Å². The third kappa shape index (κ3) is 2.28. The second-order valence-corrected chi connectivity index (χ2v) is 3.66. The van der Waals surface area contributed by atoms with Gasteiger partial charge >= 0.3 is 0 Å². The van der Waals surface area contributed by atoms with Crippen LogP contribution < -0.4 is 5.32 Å². The van der Waals surface area contributed by atoms with Gasteiger partial charge in [-0.15, -0.1) is 0 Å². The molecule has 2 rings (SSSR count). The topological polar surface area (TPSA) is 54.9 Å². The zero-order chi connectivity index (χ0) is 9.97. The summed E-state index contributed by atoms with van der Waals surface area (Å²) in [6, 6.07) is 3.78. The molecule has 4 heteroatoms. The highest BCUT2D eigenvalue weighted by Gasteiger charge is 2.29. The molecule has 1 fully saturated rings. The largest absolute Gasteiger partial charge is 0.350 e. The van der Waals surface area contributed by atoms with E-state index in [1.807, 2.05) is 19.1 Å². The number of amides is 1. The van der Waals surface area contributed by atoms with Gasteiger partial charge in [-0.25, -0.2) is 0 Å². The molecule has 0 unspecified atom stereocenters. The van der Waals surface area contributed by atoms with Gasteiger partial charge in [0.05, 0.1) is 17.9 Å². The molecule has 1 N–H and O–H groups in total. The Morgan fingerprint density at radius 1 is 1.50 bits per heavy atom. The van der Waals surface area contributed by atoms with Gasteiger partial charge in [-0.3, -0.25) is 4.79 Å². The smallest absolute Gasteiger partial charge is 0.223 e. The Morgan fingerprint density at radius 3 is 2.86 bits per heavy atom. The van der Waals surface area contributed by atoms with Crippen molar-refractivity contribution in [3.05, 3.63) is 23.5 Å². The van der Waals surface area contributed by atoms with Crippen LogP contribution in [0.3, 0.4) is 0 Å². The second kappa shape index (κ2) is 3.74. The van der Waals surface area contributed by atoms with E-state index in [0.717, 1.165) is 24.2 Å². The van der Waals surface area contributed by atoms with Crippen LogP contribution in [-0.2, 0) is 11.3 Å². The molecule has 1 heterocycles. The first-order chi connectivity index (χ1) is 6.75. The predicted octanol–water partition coefficient (Wildman–Crippen LogP) is 0.811. The van der Waals surface area contributed by atoms with Crippen LogP contribution in [0.25, 0.3) is 0 Å². The summed E-state index contributed by atoms with van der Waals surface area (Å²) < 4.78 is 0. The molecule has 0 saturated heterocycles. The Labute approximate surface area is 82.7 Å². The number of hydrogen-bond acceptors (Lipinski definition) is 3. The normalized spacial score (nSPS) is 15.2. The van der Waals surface area contributed by atoms with E-state index in [1.54, 1.807) is 0 Å². The molecular formula is C10H13N3O. The lowest BCUT2D eigenvalue weighted by atomic mass is 10.3. The molecule has 0 aromatic carbocycles. The molecule has 4 nitrogen and oxygen atoms in total. The number of nitrogens with one attached hydrogen (secondary N) is 1. The average molecular weight is 191 g/mol. The summed E-state index contributed by atoms with van der Waals surface area (Å²) in [6.45, 7) is 2.38. The number of carbonyl (C=O) groups is 1. The molecule has 74 valence electrons. The van der Waals surface area contributed by atoms with E-state index in [2.05, 4.69) is 15.5 Å². The first-order valence-electron chi connectivity index (χ1n) is 4.82. The summed E-state index contributed by atoms with van der Waals surface area (Å²) in [6.07, 6.45) is 2.07. The number of hydrogen-bond donors (Lipinski definition) is 1. The van der Waals surface area contributed by atoms with Crippen LogP contribution in [0.1, 0.15) is 24.2 Å². The van der Waals surface area contributed by atoms with Crippen LogP contribution in [0.2, 0.25) is 0 Å². The Hall–Kier alpha value is -1.45. The van der Waals surface area contributed by atoms with Gasteiger partial charge in [0, 0.05) is 5.92 Å². The number of carbonyl (C=O) groups excluding carboxylic acids is 1. The Morgan fingerprint density at radius 2 is 2.29 bits per heavy atom. The van der Waals surface area contributed by atoms with E-state index >= 15 is 0 Å². The molecule has 1 amide bonds. The Balaban J connectivity index is 1.85. The van der Waals surface area contributed by atoms with E-state index < -0.39 is 0 Å².